The number of rotatable bonds is 6. The zero-order valence-electron chi connectivity index (χ0n) is 14.1. The van der Waals surface area contributed by atoms with Crippen molar-refractivity contribution in [3.63, 3.8) is 0 Å². The van der Waals surface area contributed by atoms with Gasteiger partial charge < -0.3 is 14.8 Å². The van der Waals surface area contributed by atoms with Gasteiger partial charge in [-0.15, -0.1) is 11.3 Å². The molecule has 0 saturated heterocycles. The molecule has 24 heavy (non-hydrogen) atoms. The van der Waals surface area contributed by atoms with Crippen molar-refractivity contribution in [2.45, 2.75) is 31.1 Å². The maximum Gasteiger partial charge on any atom is 0.258 e. The van der Waals surface area contributed by atoms with Crippen molar-refractivity contribution in [2.24, 2.45) is 0 Å². The Labute approximate surface area is 146 Å². The Morgan fingerprint density at radius 3 is 2.33 bits per heavy atom. The molecule has 1 aliphatic carbocycles. The highest BCUT2D eigenvalue weighted by Crippen LogP contribution is 2.42. The number of ether oxygens (including phenoxy) is 2. The number of methoxy groups -OCH3 is 2. The molecular weight excluding hydrogens is 322 g/mol. The third kappa shape index (κ3) is 3.13. The van der Waals surface area contributed by atoms with Crippen molar-refractivity contribution in [1.82, 2.24) is 5.32 Å². The molecule has 3 rings (SSSR count). The minimum absolute atomic E-state index is 0.0685. The van der Waals surface area contributed by atoms with Crippen molar-refractivity contribution in [3.05, 3.63) is 46.2 Å². The van der Waals surface area contributed by atoms with Gasteiger partial charge in [0.1, 0.15) is 17.1 Å². The number of carbonyl (C=O) groups excluding carboxylic acids is 1. The van der Waals surface area contributed by atoms with Crippen LogP contribution in [-0.2, 0) is 5.41 Å². The first-order valence-corrected chi connectivity index (χ1v) is 9.11. The van der Waals surface area contributed by atoms with Gasteiger partial charge in [0.2, 0.25) is 0 Å². The largest absolute Gasteiger partial charge is 0.496 e. The molecule has 1 saturated carbocycles. The van der Waals surface area contributed by atoms with Crippen molar-refractivity contribution in [2.75, 3.05) is 20.8 Å². The molecule has 0 unspecified atom stereocenters. The molecule has 128 valence electrons. The standard InChI is InChI=1S/C19H23NO3S/c1-22-14-7-5-8-15(23-2)17(14)18(21)20-13-19(10-3-4-11-19)16-9-6-12-24-16/h5-9,12H,3-4,10-11,13H2,1-2H3,(H,20,21). The van der Waals surface area contributed by atoms with Crippen LogP contribution in [0.15, 0.2) is 35.7 Å². The van der Waals surface area contributed by atoms with Gasteiger partial charge >= 0.3 is 0 Å². The first kappa shape index (κ1) is 16.8. The molecule has 0 bridgehead atoms. The number of amides is 1. The number of hydrogen-bond donors (Lipinski definition) is 1. The summed E-state index contributed by atoms with van der Waals surface area (Å²) in [7, 11) is 3.13. The molecule has 0 atom stereocenters. The van der Waals surface area contributed by atoms with Crippen LogP contribution < -0.4 is 14.8 Å². The fourth-order valence-corrected chi connectivity index (χ4v) is 4.54. The Morgan fingerprint density at radius 1 is 1.12 bits per heavy atom. The van der Waals surface area contributed by atoms with Crippen molar-refractivity contribution in [1.29, 1.82) is 0 Å². The molecule has 1 heterocycles. The monoisotopic (exact) mass is 345 g/mol. The predicted molar refractivity (Wildman–Crippen MR) is 96.3 cm³/mol. The molecule has 5 heteroatoms. The predicted octanol–water partition coefficient (Wildman–Crippen LogP) is 4.01. The van der Waals surface area contributed by atoms with E-state index in [0.717, 1.165) is 12.8 Å². The van der Waals surface area contributed by atoms with E-state index in [1.807, 2.05) is 6.07 Å². The van der Waals surface area contributed by atoms with Gasteiger partial charge in [0, 0.05) is 16.8 Å². The van der Waals surface area contributed by atoms with E-state index in [2.05, 4.69) is 22.8 Å². The maximum absolute atomic E-state index is 12.8. The van der Waals surface area contributed by atoms with E-state index in [0.29, 0.717) is 23.6 Å². The molecule has 1 aromatic heterocycles. The number of benzene rings is 1. The van der Waals surface area contributed by atoms with Crippen molar-refractivity contribution in [3.8, 4) is 11.5 Å². The second kappa shape index (κ2) is 7.26. The summed E-state index contributed by atoms with van der Waals surface area (Å²) in [6, 6.07) is 9.65. The highest BCUT2D eigenvalue weighted by atomic mass is 32.1. The van der Waals surface area contributed by atoms with Crippen LogP contribution in [0.3, 0.4) is 0 Å². The van der Waals surface area contributed by atoms with E-state index in [1.54, 1.807) is 37.7 Å². The summed E-state index contributed by atoms with van der Waals surface area (Å²) in [5.74, 6) is 0.916. The molecule has 0 radical (unpaired) electrons. The first-order valence-electron chi connectivity index (χ1n) is 8.23. The van der Waals surface area contributed by atoms with Crippen LogP contribution in [0.4, 0.5) is 0 Å². The van der Waals surface area contributed by atoms with Gasteiger partial charge in [0.25, 0.3) is 5.91 Å². The minimum atomic E-state index is -0.146. The topological polar surface area (TPSA) is 47.6 Å². The van der Waals surface area contributed by atoms with Crippen LogP contribution in [0.5, 0.6) is 11.5 Å². The minimum Gasteiger partial charge on any atom is -0.496 e. The molecular formula is C19H23NO3S. The molecule has 0 aliphatic heterocycles. The van der Waals surface area contributed by atoms with Crippen molar-refractivity contribution < 1.29 is 14.3 Å². The third-order valence-electron chi connectivity index (χ3n) is 4.85. The van der Waals surface area contributed by atoms with Crippen LogP contribution in [-0.4, -0.2) is 26.7 Å². The number of thiophene rings is 1. The Hall–Kier alpha value is -2.01. The van der Waals surface area contributed by atoms with Gasteiger partial charge in [-0.1, -0.05) is 25.0 Å². The Balaban J connectivity index is 1.80. The van der Waals surface area contributed by atoms with Crippen LogP contribution >= 0.6 is 11.3 Å². The third-order valence-corrected chi connectivity index (χ3v) is 5.96. The highest BCUT2D eigenvalue weighted by molar-refractivity contribution is 7.10. The summed E-state index contributed by atoms with van der Waals surface area (Å²) in [6.07, 6.45) is 4.67. The molecule has 1 N–H and O–H groups in total. The number of carbonyl (C=O) groups is 1. The Bertz CT molecular complexity index is 668. The fraction of sp³-hybridized carbons (Fsp3) is 0.421. The zero-order valence-corrected chi connectivity index (χ0v) is 14.9. The second-order valence-corrected chi connectivity index (χ2v) is 7.13. The smallest absolute Gasteiger partial charge is 0.258 e. The first-order chi connectivity index (χ1) is 11.7. The Kier molecular flexibility index (Phi) is 5.09. The van der Waals surface area contributed by atoms with E-state index in [1.165, 1.54) is 17.7 Å². The molecule has 1 fully saturated rings. The quantitative estimate of drug-likeness (QED) is 0.860. The van der Waals surface area contributed by atoms with Gasteiger partial charge in [-0.2, -0.15) is 0 Å². The normalized spacial score (nSPS) is 15.9. The van der Waals surface area contributed by atoms with E-state index in [9.17, 15) is 4.79 Å². The lowest BCUT2D eigenvalue weighted by molar-refractivity contribution is 0.0937. The highest BCUT2D eigenvalue weighted by Gasteiger charge is 2.37. The van der Waals surface area contributed by atoms with Crippen LogP contribution in [0.25, 0.3) is 0 Å². The van der Waals surface area contributed by atoms with Gasteiger partial charge in [-0.25, -0.2) is 0 Å². The summed E-state index contributed by atoms with van der Waals surface area (Å²) < 4.78 is 10.7. The van der Waals surface area contributed by atoms with Gasteiger partial charge in [-0.3, -0.25) is 4.79 Å². The van der Waals surface area contributed by atoms with Gasteiger partial charge in [-0.05, 0) is 36.4 Å². The molecule has 1 aliphatic rings. The van der Waals surface area contributed by atoms with E-state index < -0.39 is 0 Å². The second-order valence-electron chi connectivity index (χ2n) is 6.18. The molecule has 2 aromatic rings. The summed E-state index contributed by atoms with van der Waals surface area (Å²) >= 11 is 1.78. The van der Waals surface area contributed by atoms with Gasteiger partial charge in [0.05, 0.1) is 14.2 Å². The maximum atomic E-state index is 12.8. The lowest BCUT2D eigenvalue weighted by Crippen LogP contribution is -2.38. The lowest BCUT2D eigenvalue weighted by atomic mass is 9.84. The van der Waals surface area contributed by atoms with Crippen molar-refractivity contribution >= 4 is 17.2 Å². The van der Waals surface area contributed by atoms with Crippen LogP contribution in [0, 0.1) is 0 Å². The van der Waals surface area contributed by atoms with Crippen LogP contribution in [0.2, 0.25) is 0 Å². The summed E-state index contributed by atoms with van der Waals surface area (Å²) in [5, 5.41) is 5.24. The molecule has 4 nitrogen and oxygen atoms in total. The van der Waals surface area contributed by atoms with Gasteiger partial charge in [0.15, 0.2) is 0 Å². The van der Waals surface area contributed by atoms with Crippen LogP contribution in [0.1, 0.15) is 40.9 Å². The molecule has 1 aromatic carbocycles. The Morgan fingerprint density at radius 2 is 1.79 bits per heavy atom. The zero-order chi connectivity index (χ0) is 17.0. The van der Waals surface area contributed by atoms with E-state index in [4.69, 9.17) is 9.47 Å². The summed E-state index contributed by atoms with van der Waals surface area (Å²) in [5.41, 5.74) is 0.529. The molecule has 1 amide bonds. The lowest BCUT2D eigenvalue weighted by Gasteiger charge is -2.28. The fourth-order valence-electron chi connectivity index (χ4n) is 3.56. The SMILES string of the molecule is COc1cccc(OC)c1C(=O)NCC1(c2cccs2)CCCC1. The molecule has 0 spiro atoms. The summed E-state index contributed by atoms with van der Waals surface area (Å²) in [4.78, 5) is 14.2. The van der Waals surface area contributed by atoms with E-state index in [-0.39, 0.29) is 11.3 Å². The summed E-state index contributed by atoms with van der Waals surface area (Å²) in [6.45, 7) is 0.646. The van der Waals surface area contributed by atoms with E-state index >= 15 is 0 Å². The average Bonchev–Trinajstić information content (AvgIpc) is 3.31. The number of hydrogen-bond acceptors (Lipinski definition) is 4. The average molecular weight is 345 g/mol. The number of nitrogens with one attached hydrogen (secondary N) is 1.